The molecule has 1 N–H and O–H groups in total. The molecule has 5 nitrogen and oxygen atoms in total. The van der Waals surface area contributed by atoms with Crippen LogP contribution in [0, 0.1) is 0 Å². The van der Waals surface area contributed by atoms with Crippen LogP contribution >= 0.6 is 11.3 Å². The number of hydrogen-bond donors (Lipinski definition) is 1. The van der Waals surface area contributed by atoms with Gasteiger partial charge in [0.05, 0.1) is 7.11 Å². The van der Waals surface area contributed by atoms with Gasteiger partial charge in [-0.1, -0.05) is 0 Å². The van der Waals surface area contributed by atoms with E-state index in [1.807, 2.05) is 0 Å². The Labute approximate surface area is 88.9 Å². The fourth-order valence-corrected chi connectivity index (χ4v) is 2.03. The summed E-state index contributed by atoms with van der Waals surface area (Å²) in [6.07, 6.45) is 1.11. The Kier molecular flexibility index (Phi) is 2.42. The van der Waals surface area contributed by atoms with Crippen molar-refractivity contribution in [3.8, 4) is 16.4 Å². The van der Waals surface area contributed by atoms with Crippen LogP contribution in [0.3, 0.4) is 0 Å². The van der Waals surface area contributed by atoms with E-state index in [0.717, 1.165) is 6.39 Å². The van der Waals surface area contributed by atoms with Crippen LogP contribution in [-0.2, 0) is 0 Å². The number of ether oxygens (including phenoxy) is 1. The maximum atomic E-state index is 10.8. The Morgan fingerprint density at radius 2 is 2.47 bits per heavy atom. The molecule has 0 radical (unpaired) electrons. The molecule has 0 saturated carbocycles. The SMILES string of the molecule is COc1ccsc1-c1ocnc1C(=O)O. The molecule has 15 heavy (non-hydrogen) atoms. The normalized spacial score (nSPS) is 10.2. The van der Waals surface area contributed by atoms with Crippen molar-refractivity contribution in [1.82, 2.24) is 4.98 Å². The van der Waals surface area contributed by atoms with Crippen LogP contribution in [0.25, 0.3) is 10.6 Å². The maximum absolute atomic E-state index is 10.8. The number of hydrogen-bond acceptors (Lipinski definition) is 5. The Balaban J connectivity index is 2.54. The number of carboxylic acid groups (broad SMARTS) is 1. The molecule has 0 amide bonds. The zero-order valence-corrected chi connectivity index (χ0v) is 8.58. The van der Waals surface area contributed by atoms with Crippen molar-refractivity contribution in [2.45, 2.75) is 0 Å². The van der Waals surface area contributed by atoms with Crippen LogP contribution in [0.15, 0.2) is 22.3 Å². The van der Waals surface area contributed by atoms with Crippen LogP contribution in [0.2, 0.25) is 0 Å². The lowest BCUT2D eigenvalue weighted by Gasteiger charge is -1.99. The molecule has 78 valence electrons. The Morgan fingerprint density at radius 1 is 1.67 bits per heavy atom. The summed E-state index contributed by atoms with van der Waals surface area (Å²) in [5.41, 5.74) is -0.101. The lowest BCUT2D eigenvalue weighted by molar-refractivity contribution is 0.0691. The van der Waals surface area contributed by atoms with Gasteiger partial charge in [-0.25, -0.2) is 9.78 Å². The number of carboxylic acids is 1. The standard InChI is InChI=1S/C9H7NO4S/c1-13-5-2-3-15-8(5)7-6(9(11)12)10-4-14-7/h2-4H,1H3,(H,11,12). The second-order valence-electron chi connectivity index (χ2n) is 2.65. The third kappa shape index (κ3) is 1.59. The number of thiophene rings is 1. The molecule has 2 aromatic rings. The van der Waals surface area contributed by atoms with Crippen LogP contribution in [0.1, 0.15) is 10.5 Å². The Bertz CT molecular complexity index is 488. The summed E-state index contributed by atoms with van der Waals surface area (Å²) in [5, 5.41) is 10.7. The van der Waals surface area contributed by atoms with Crippen LogP contribution < -0.4 is 4.74 Å². The summed E-state index contributed by atoms with van der Waals surface area (Å²) in [5.74, 6) is -0.303. The number of aromatic carboxylic acids is 1. The first-order valence-electron chi connectivity index (χ1n) is 4.02. The number of nitrogens with zero attached hydrogens (tertiary/aromatic N) is 1. The van der Waals surface area contributed by atoms with Gasteiger partial charge in [0.1, 0.15) is 10.6 Å². The van der Waals surface area contributed by atoms with E-state index in [4.69, 9.17) is 14.3 Å². The van der Waals surface area contributed by atoms with E-state index in [1.165, 1.54) is 18.4 Å². The predicted octanol–water partition coefficient (Wildman–Crippen LogP) is 2.11. The maximum Gasteiger partial charge on any atom is 0.358 e. The molecular weight excluding hydrogens is 218 g/mol. The van der Waals surface area contributed by atoms with Crippen molar-refractivity contribution in [1.29, 1.82) is 0 Å². The molecule has 0 unspecified atom stereocenters. The molecule has 0 atom stereocenters. The summed E-state index contributed by atoms with van der Waals surface area (Å²) >= 11 is 1.34. The minimum Gasteiger partial charge on any atom is -0.495 e. The molecule has 0 spiro atoms. The van der Waals surface area contributed by atoms with Gasteiger partial charge in [0, 0.05) is 0 Å². The van der Waals surface area contributed by atoms with E-state index in [-0.39, 0.29) is 11.5 Å². The molecule has 0 saturated heterocycles. The van der Waals surface area contributed by atoms with Crippen molar-refractivity contribution in [2.24, 2.45) is 0 Å². The van der Waals surface area contributed by atoms with Gasteiger partial charge in [0.15, 0.2) is 17.8 Å². The average molecular weight is 225 g/mol. The molecule has 0 fully saturated rings. The molecule has 2 heterocycles. The first-order chi connectivity index (χ1) is 7.24. The predicted molar refractivity (Wildman–Crippen MR) is 53.3 cm³/mol. The number of oxazole rings is 1. The highest BCUT2D eigenvalue weighted by atomic mass is 32.1. The first-order valence-corrected chi connectivity index (χ1v) is 4.90. The van der Waals surface area contributed by atoms with E-state index < -0.39 is 5.97 Å². The van der Waals surface area contributed by atoms with E-state index in [1.54, 1.807) is 11.4 Å². The summed E-state index contributed by atoms with van der Waals surface area (Å²) in [6.45, 7) is 0. The molecule has 2 rings (SSSR count). The summed E-state index contributed by atoms with van der Waals surface area (Å²) in [4.78, 5) is 15.1. The van der Waals surface area contributed by atoms with E-state index in [0.29, 0.717) is 10.6 Å². The van der Waals surface area contributed by atoms with Crippen LogP contribution in [0.4, 0.5) is 0 Å². The zero-order chi connectivity index (χ0) is 10.8. The van der Waals surface area contributed by atoms with E-state index >= 15 is 0 Å². The molecule has 0 aliphatic carbocycles. The molecule has 0 bridgehead atoms. The monoisotopic (exact) mass is 225 g/mol. The van der Waals surface area contributed by atoms with Gasteiger partial charge in [-0.3, -0.25) is 0 Å². The lowest BCUT2D eigenvalue weighted by Crippen LogP contribution is -1.98. The second-order valence-corrected chi connectivity index (χ2v) is 3.57. The third-order valence-corrected chi connectivity index (χ3v) is 2.72. The third-order valence-electron chi connectivity index (χ3n) is 1.83. The minimum atomic E-state index is -1.12. The molecule has 2 aromatic heterocycles. The number of carbonyl (C=O) groups is 1. The van der Waals surface area contributed by atoms with Gasteiger partial charge in [0.2, 0.25) is 0 Å². The fourth-order valence-electron chi connectivity index (χ4n) is 1.18. The second kappa shape index (κ2) is 3.74. The quantitative estimate of drug-likeness (QED) is 0.866. The van der Waals surface area contributed by atoms with Crippen molar-refractivity contribution < 1.29 is 19.1 Å². The molecular formula is C9H7NO4S. The molecule has 6 heteroatoms. The Morgan fingerprint density at radius 3 is 3.13 bits per heavy atom. The molecule has 0 aliphatic heterocycles. The van der Waals surface area contributed by atoms with Crippen molar-refractivity contribution >= 4 is 17.3 Å². The first kappa shape index (κ1) is 9.72. The number of methoxy groups -OCH3 is 1. The van der Waals surface area contributed by atoms with Crippen LogP contribution in [0.5, 0.6) is 5.75 Å². The Hall–Kier alpha value is -1.82. The van der Waals surface area contributed by atoms with E-state index in [2.05, 4.69) is 4.98 Å². The fraction of sp³-hybridized carbons (Fsp3) is 0.111. The lowest BCUT2D eigenvalue weighted by atomic mass is 10.3. The highest BCUT2D eigenvalue weighted by Gasteiger charge is 2.21. The average Bonchev–Trinajstić information content (AvgIpc) is 2.85. The summed E-state index contributed by atoms with van der Waals surface area (Å²) in [7, 11) is 1.52. The largest absolute Gasteiger partial charge is 0.495 e. The van der Waals surface area contributed by atoms with Gasteiger partial charge in [0.25, 0.3) is 0 Å². The minimum absolute atomic E-state index is 0.101. The van der Waals surface area contributed by atoms with E-state index in [9.17, 15) is 4.79 Å². The topological polar surface area (TPSA) is 72.6 Å². The smallest absolute Gasteiger partial charge is 0.358 e. The van der Waals surface area contributed by atoms with Crippen molar-refractivity contribution in [3.63, 3.8) is 0 Å². The summed E-state index contributed by atoms with van der Waals surface area (Å²) in [6, 6.07) is 1.74. The van der Waals surface area contributed by atoms with Gasteiger partial charge in [-0.2, -0.15) is 0 Å². The number of rotatable bonds is 3. The van der Waals surface area contributed by atoms with Gasteiger partial charge in [-0.15, -0.1) is 11.3 Å². The van der Waals surface area contributed by atoms with Crippen molar-refractivity contribution in [2.75, 3.05) is 7.11 Å². The molecule has 0 aliphatic rings. The van der Waals surface area contributed by atoms with Gasteiger partial charge >= 0.3 is 5.97 Å². The number of aromatic nitrogens is 1. The van der Waals surface area contributed by atoms with Crippen LogP contribution in [-0.4, -0.2) is 23.2 Å². The highest BCUT2D eigenvalue weighted by Crippen LogP contribution is 2.36. The molecule has 0 aromatic carbocycles. The van der Waals surface area contributed by atoms with Gasteiger partial charge in [-0.05, 0) is 11.4 Å². The zero-order valence-electron chi connectivity index (χ0n) is 7.76. The van der Waals surface area contributed by atoms with Crippen molar-refractivity contribution in [3.05, 3.63) is 23.5 Å². The van der Waals surface area contributed by atoms with Gasteiger partial charge < -0.3 is 14.3 Å². The summed E-state index contributed by atoms with van der Waals surface area (Å²) < 4.78 is 10.1. The highest BCUT2D eigenvalue weighted by molar-refractivity contribution is 7.14.